The van der Waals surface area contributed by atoms with Crippen LogP contribution in [0.15, 0.2) is 6.07 Å². The van der Waals surface area contributed by atoms with E-state index >= 15 is 0 Å². The zero-order chi connectivity index (χ0) is 12.8. The van der Waals surface area contributed by atoms with E-state index in [0.29, 0.717) is 5.69 Å². The van der Waals surface area contributed by atoms with E-state index in [1.165, 1.54) is 6.92 Å². The molecule has 0 aromatic carbocycles. The molecule has 0 N–H and O–H groups in total. The molecule has 0 saturated heterocycles. The average molecular weight is 247 g/mol. The summed E-state index contributed by atoms with van der Waals surface area (Å²) in [5, 5.41) is 14.0. The van der Waals surface area contributed by atoms with E-state index in [0.717, 1.165) is 23.6 Å². The first-order chi connectivity index (χ1) is 7.80. The molecule has 0 unspecified atom stereocenters. The van der Waals surface area contributed by atoms with Crippen LogP contribution in [0.25, 0.3) is 0 Å². The van der Waals surface area contributed by atoms with Crippen LogP contribution < -0.4 is 5.11 Å². The van der Waals surface area contributed by atoms with Gasteiger partial charge in [-0.3, -0.25) is 4.68 Å². The predicted octanol–water partition coefficient (Wildman–Crippen LogP) is 1.09. The summed E-state index contributed by atoms with van der Waals surface area (Å²) < 4.78 is 38.4. The SMILES string of the molecule is C[C@H](C(=O)[O-])n1nc(C(F)(F)F)cc1C1CC1. The molecule has 17 heavy (non-hydrogen) atoms. The van der Waals surface area contributed by atoms with E-state index in [1.54, 1.807) is 0 Å². The number of nitrogens with zero attached hydrogens (tertiary/aromatic N) is 2. The van der Waals surface area contributed by atoms with E-state index in [1.807, 2.05) is 0 Å². The van der Waals surface area contributed by atoms with E-state index in [4.69, 9.17) is 0 Å². The summed E-state index contributed by atoms with van der Waals surface area (Å²) in [6, 6.07) is -0.265. The largest absolute Gasteiger partial charge is 0.548 e. The molecule has 0 bridgehead atoms. The molecule has 1 fully saturated rings. The molecule has 94 valence electrons. The molecule has 2 rings (SSSR count). The second kappa shape index (κ2) is 3.75. The number of carboxylic acids is 1. The van der Waals surface area contributed by atoms with Crippen molar-refractivity contribution in [3.63, 3.8) is 0 Å². The van der Waals surface area contributed by atoms with Crippen LogP contribution in [0.2, 0.25) is 0 Å². The van der Waals surface area contributed by atoms with Crippen molar-refractivity contribution in [3.05, 3.63) is 17.5 Å². The van der Waals surface area contributed by atoms with Gasteiger partial charge in [0.05, 0.1) is 12.0 Å². The molecular weight excluding hydrogens is 237 g/mol. The summed E-state index contributed by atoms with van der Waals surface area (Å²) in [5.41, 5.74) is -0.721. The molecule has 0 aliphatic heterocycles. The van der Waals surface area contributed by atoms with Crippen molar-refractivity contribution in [1.29, 1.82) is 0 Å². The summed E-state index contributed by atoms with van der Waals surface area (Å²) in [6.07, 6.45) is -3.02. The zero-order valence-electron chi connectivity index (χ0n) is 8.99. The number of carboxylic acid groups (broad SMARTS) is 1. The summed E-state index contributed by atoms with van der Waals surface area (Å²) in [4.78, 5) is 10.7. The number of carbonyl (C=O) groups excluding carboxylic acids is 1. The normalized spacial score (nSPS) is 18.1. The molecule has 7 heteroatoms. The molecule has 1 aliphatic rings. The van der Waals surface area contributed by atoms with Crippen molar-refractivity contribution < 1.29 is 23.1 Å². The van der Waals surface area contributed by atoms with Gasteiger partial charge in [0, 0.05) is 11.6 Å². The Morgan fingerprint density at radius 3 is 2.59 bits per heavy atom. The fourth-order valence-electron chi connectivity index (χ4n) is 1.64. The Morgan fingerprint density at radius 2 is 2.18 bits per heavy atom. The lowest BCUT2D eigenvalue weighted by Gasteiger charge is -2.16. The zero-order valence-corrected chi connectivity index (χ0v) is 8.99. The smallest absolute Gasteiger partial charge is 0.435 e. The molecule has 1 aliphatic carbocycles. The van der Waals surface area contributed by atoms with Crippen LogP contribution >= 0.6 is 0 Å². The van der Waals surface area contributed by atoms with Gasteiger partial charge in [-0.1, -0.05) is 0 Å². The summed E-state index contributed by atoms with van der Waals surface area (Å²) >= 11 is 0. The van der Waals surface area contributed by atoms with Crippen LogP contribution in [0, 0.1) is 0 Å². The molecule has 1 atom stereocenters. The van der Waals surface area contributed by atoms with Crippen molar-refractivity contribution in [2.45, 2.75) is 37.9 Å². The summed E-state index contributed by atoms with van der Waals surface area (Å²) in [6.45, 7) is 1.26. The molecule has 1 aromatic rings. The number of hydrogen-bond acceptors (Lipinski definition) is 3. The van der Waals surface area contributed by atoms with Gasteiger partial charge in [-0.05, 0) is 25.8 Å². The molecule has 4 nitrogen and oxygen atoms in total. The number of rotatable bonds is 3. The highest BCUT2D eigenvalue weighted by Gasteiger charge is 2.38. The van der Waals surface area contributed by atoms with Crippen molar-refractivity contribution in [2.75, 3.05) is 0 Å². The standard InChI is InChI=1S/C10H11F3N2O2/c1-5(9(16)17)15-7(6-2-3-6)4-8(14-15)10(11,12)13/h4-6H,2-3H2,1H3,(H,16,17)/p-1/t5-/m1/s1. The van der Waals surface area contributed by atoms with Crippen LogP contribution in [0.4, 0.5) is 13.2 Å². The molecule has 1 heterocycles. The topological polar surface area (TPSA) is 57.9 Å². The second-order valence-corrected chi connectivity index (χ2v) is 4.17. The van der Waals surface area contributed by atoms with Crippen LogP contribution in [0.1, 0.15) is 43.1 Å². The number of halogens is 3. The summed E-state index contributed by atoms with van der Waals surface area (Å²) in [5.74, 6) is -1.45. The average Bonchev–Trinajstić information content (AvgIpc) is 2.94. The lowest BCUT2D eigenvalue weighted by molar-refractivity contribution is -0.310. The molecular formula is C10H10F3N2O2-. The highest BCUT2D eigenvalue weighted by atomic mass is 19.4. The van der Waals surface area contributed by atoms with Crippen LogP contribution in [0.5, 0.6) is 0 Å². The van der Waals surface area contributed by atoms with E-state index in [-0.39, 0.29) is 5.92 Å². The van der Waals surface area contributed by atoms with Crippen molar-refractivity contribution in [2.24, 2.45) is 0 Å². The Hall–Kier alpha value is -1.53. The number of alkyl halides is 3. The molecule has 1 saturated carbocycles. The maximum atomic E-state index is 12.5. The van der Waals surface area contributed by atoms with E-state index < -0.39 is 23.9 Å². The van der Waals surface area contributed by atoms with Gasteiger partial charge in [-0.2, -0.15) is 18.3 Å². The first kappa shape index (κ1) is 11.9. The first-order valence-corrected chi connectivity index (χ1v) is 5.18. The maximum absolute atomic E-state index is 12.5. The number of hydrogen-bond donors (Lipinski definition) is 0. The number of carbonyl (C=O) groups is 1. The van der Waals surface area contributed by atoms with E-state index in [2.05, 4.69) is 5.10 Å². The Kier molecular flexibility index (Phi) is 2.63. The van der Waals surface area contributed by atoms with Crippen molar-refractivity contribution in [3.8, 4) is 0 Å². The van der Waals surface area contributed by atoms with Gasteiger partial charge in [0.25, 0.3) is 0 Å². The third-order valence-electron chi connectivity index (χ3n) is 2.76. The molecule has 1 aromatic heterocycles. The van der Waals surface area contributed by atoms with Crippen molar-refractivity contribution >= 4 is 5.97 Å². The van der Waals surface area contributed by atoms with Gasteiger partial charge in [0.15, 0.2) is 5.69 Å². The van der Waals surface area contributed by atoms with Crippen LogP contribution in [-0.4, -0.2) is 15.7 Å². The Balaban J connectivity index is 2.42. The van der Waals surface area contributed by atoms with Gasteiger partial charge in [0.1, 0.15) is 0 Å². The molecule has 0 spiro atoms. The predicted molar refractivity (Wildman–Crippen MR) is 48.9 cm³/mol. The Morgan fingerprint density at radius 1 is 1.59 bits per heavy atom. The molecule has 0 amide bonds. The molecule has 0 radical (unpaired) electrons. The van der Waals surface area contributed by atoms with Crippen molar-refractivity contribution in [1.82, 2.24) is 9.78 Å². The fraction of sp³-hybridized carbons (Fsp3) is 0.600. The fourth-order valence-corrected chi connectivity index (χ4v) is 1.64. The summed E-state index contributed by atoms with van der Waals surface area (Å²) in [7, 11) is 0. The van der Waals surface area contributed by atoms with Gasteiger partial charge >= 0.3 is 6.18 Å². The van der Waals surface area contributed by atoms with Gasteiger partial charge in [0.2, 0.25) is 0 Å². The highest BCUT2D eigenvalue weighted by molar-refractivity contribution is 5.69. The van der Waals surface area contributed by atoms with Gasteiger partial charge in [-0.15, -0.1) is 0 Å². The minimum absolute atomic E-state index is 0.0135. The van der Waals surface area contributed by atoms with E-state index in [9.17, 15) is 23.1 Å². The van der Waals surface area contributed by atoms with Gasteiger partial charge < -0.3 is 9.90 Å². The number of aromatic nitrogens is 2. The first-order valence-electron chi connectivity index (χ1n) is 5.18. The minimum Gasteiger partial charge on any atom is -0.548 e. The number of aliphatic carboxylic acids is 1. The minimum atomic E-state index is -4.56. The Labute approximate surface area is 95.0 Å². The quantitative estimate of drug-likeness (QED) is 0.803. The third-order valence-corrected chi connectivity index (χ3v) is 2.76. The lowest BCUT2D eigenvalue weighted by atomic mass is 10.2. The maximum Gasteiger partial charge on any atom is 0.435 e. The monoisotopic (exact) mass is 247 g/mol. The Bertz CT molecular complexity index is 449. The highest BCUT2D eigenvalue weighted by Crippen LogP contribution is 2.42. The lowest BCUT2D eigenvalue weighted by Crippen LogP contribution is -2.32. The third kappa shape index (κ3) is 2.27. The van der Waals surface area contributed by atoms with Gasteiger partial charge in [-0.25, -0.2) is 0 Å². The van der Waals surface area contributed by atoms with Crippen LogP contribution in [-0.2, 0) is 11.0 Å². The second-order valence-electron chi connectivity index (χ2n) is 4.17. The van der Waals surface area contributed by atoms with Crippen LogP contribution in [0.3, 0.4) is 0 Å².